The van der Waals surface area contributed by atoms with Gasteiger partial charge < -0.3 is 4.90 Å². The molecule has 2 aromatic rings. The SMILES string of the molecule is Cc1cc(F)ccc1S(=O)(=O)Nc1c(C)cccc1C(=O)N1CCCC1. The van der Waals surface area contributed by atoms with Crippen molar-refractivity contribution in [2.75, 3.05) is 17.8 Å². The summed E-state index contributed by atoms with van der Waals surface area (Å²) in [5.74, 6) is -0.679. The first-order chi connectivity index (χ1) is 12.3. The third-order valence-electron chi connectivity index (χ3n) is 4.56. The Labute approximate surface area is 152 Å². The topological polar surface area (TPSA) is 66.5 Å². The number of nitrogens with one attached hydrogen (secondary N) is 1. The fourth-order valence-electron chi connectivity index (χ4n) is 3.18. The van der Waals surface area contributed by atoms with E-state index in [0.29, 0.717) is 29.8 Å². The van der Waals surface area contributed by atoms with Gasteiger partial charge in [0.25, 0.3) is 15.9 Å². The van der Waals surface area contributed by atoms with E-state index in [1.807, 2.05) is 0 Å². The summed E-state index contributed by atoms with van der Waals surface area (Å²) in [6, 6.07) is 8.62. The Morgan fingerprint density at radius 2 is 1.77 bits per heavy atom. The average molecular weight is 376 g/mol. The van der Waals surface area contributed by atoms with Crippen molar-refractivity contribution in [2.24, 2.45) is 0 Å². The molecule has 0 aromatic heterocycles. The van der Waals surface area contributed by atoms with Crippen LogP contribution in [-0.2, 0) is 10.0 Å². The van der Waals surface area contributed by atoms with Crippen molar-refractivity contribution in [3.63, 3.8) is 0 Å². The molecular formula is C19H21FN2O3S. The molecule has 0 saturated carbocycles. The first-order valence-corrected chi connectivity index (χ1v) is 9.96. The van der Waals surface area contributed by atoms with E-state index in [1.165, 1.54) is 19.1 Å². The molecule has 0 radical (unpaired) electrons. The number of para-hydroxylation sites is 1. The van der Waals surface area contributed by atoms with E-state index in [4.69, 9.17) is 0 Å². The zero-order chi connectivity index (χ0) is 18.9. The van der Waals surface area contributed by atoms with E-state index in [-0.39, 0.29) is 16.5 Å². The van der Waals surface area contributed by atoms with Crippen LogP contribution in [-0.4, -0.2) is 32.3 Å². The molecule has 26 heavy (non-hydrogen) atoms. The van der Waals surface area contributed by atoms with Crippen LogP contribution in [0.3, 0.4) is 0 Å². The van der Waals surface area contributed by atoms with E-state index < -0.39 is 15.8 Å². The minimum Gasteiger partial charge on any atom is -0.339 e. The van der Waals surface area contributed by atoms with Gasteiger partial charge in [0.1, 0.15) is 5.82 Å². The van der Waals surface area contributed by atoms with Gasteiger partial charge >= 0.3 is 0 Å². The first kappa shape index (κ1) is 18.4. The van der Waals surface area contributed by atoms with Crippen LogP contribution in [0.4, 0.5) is 10.1 Å². The first-order valence-electron chi connectivity index (χ1n) is 8.47. The summed E-state index contributed by atoms with van der Waals surface area (Å²) in [6.07, 6.45) is 1.90. The predicted molar refractivity (Wildman–Crippen MR) is 98.3 cm³/mol. The van der Waals surface area contributed by atoms with Gasteiger partial charge in [0.15, 0.2) is 0 Å². The van der Waals surface area contributed by atoms with Crippen LogP contribution in [0.25, 0.3) is 0 Å². The minimum absolute atomic E-state index is 0.0123. The molecule has 138 valence electrons. The lowest BCUT2D eigenvalue weighted by molar-refractivity contribution is 0.0794. The fraction of sp³-hybridized carbons (Fsp3) is 0.316. The minimum atomic E-state index is -3.95. The summed E-state index contributed by atoms with van der Waals surface area (Å²) in [6.45, 7) is 4.63. The highest BCUT2D eigenvalue weighted by molar-refractivity contribution is 7.92. The van der Waals surface area contributed by atoms with Gasteiger partial charge in [0, 0.05) is 13.1 Å². The van der Waals surface area contributed by atoms with Crippen molar-refractivity contribution in [1.29, 1.82) is 0 Å². The molecule has 0 bridgehead atoms. The zero-order valence-corrected chi connectivity index (χ0v) is 15.6. The van der Waals surface area contributed by atoms with Crippen molar-refractivity contribution in [1.82, 2.24) is 4.90 Å². The smallest absolute Gasteiger partial charge is 0.262 e. The highest BCUT2D eigenvalue weighted by Crippen LogP contribution is 2.27. The van der Waals surface area contributed by atoms with Crippen LogP contribution in [0.5, 0.6) is 0 Å². The van der Waals surface area contributed by atoms with Crippen LogP contribution < -0.4 is 4.72 Å². The number of aryl methyl sites for hydroxylation is 2. The molecular weight excluding hydrogens is 355 g/mol. The molecule has 0 aliphatic carbocycles. The van der Waals surface area contributed by atoms with E-state index in [0.717, 1.165) is 18.9 Å². The summed E-state index contributed by atoms with van der Waals surface area (Å²) < 4.78 is 41.5. The largest absolute Gasteiger partial charge is 0.339 e. The Kier molecular flexibility index (Phi) is 5.00. The lowest BCUT2D eigenvalue weighted by atomic mass is 10.1. The van der Waals surface area contributed by atoms with E-state index in [1.54, 1.807) is 30.0 Å². The highest BCUT2D eigenvalue weighted by Gasteiger charge is 2.25. The number of hydrogen-bond acceptors (Lipinski definition) is 3. The number of nitrogens with zero attached hydrogens (tertiary/aromatic N) is 1. The van der Waals surface area contributed by atoms with Crippen LogP contribution in [0.15, 0.2) is 41.3 Å². The maximum atomic E-state index is 13.3. The maximum Gasteiger partial charge on any atom is 0.262 e. The molecule has 1 amide bonds. The third kappa shape index (κ3) is 3.58. The number of halogens is 1. The zero-order valence-electron chi connectivity index (χ0n) is 14.8. The lowest BCUT2D eigenvalue weighted by Crippen LogP contribution is -2.29. The Hall–Kier alpha value is -2.41. The van der Waals surface area contributed by atoms with Crippen molar-refractivity contribution >= 4 is 21.6 Å². The van der Waals surface area contributed by atoms with Crippen molar-refractivity contribution < 1.29 is 17.6 Å². The number of carbonyl (C=O) groups excluding carboxylic acids is 1. The van der Waals surface area contributed by atoms with Gasteiger partial charge in [-0.1, -0.05) is 12.1 Å². The number of amides is 1. The number of anilines is 1. The Morgan fingerprint density at radius 3 is 2.42 bits per heavy atom. The quantitative estimate of drug-likeness (QED) is 0.888. The molecule has 0 atom stereocenters. The van der Waals surface area contributed by atoms with Crippen molar-refractivity contribution in [3.05, 3.63) is 58.9 Å². The monoisotopic (exact) mass is 376 g/mol. The molecule has 0 spiro atoms. The lowest BCUT2D eigenvalue weighted by Gasteiger charge is -2.20. The number of benzene rings is 2. The molecule has 0 unspecified atom stereocenters. The normalized spacial score (nSPS) is 14.5. The molecule has 1 aliphatic heterocycles. The molecule has 1 aliphatic rings. The standard InChI is InChI=1S/C19H21FN2O3S/c1-13-6-5-7-16(19(23)22-10-3-4-11-22)18(13)21-26(24,25)17-9-8-15(20)12-14(17)2/h5-9,12,21H,3-4,10-11H2,1-2H3. The molecule has 7 heteroatoms. The molecule has 3 rings (SSSR count). The molecule has 1 fully saturated rings. The molecule has 1 saturated heterocycles. The van der Waals surface area contributed by atoms with E-state index in [2.05, 4.69) is 4.72 Å². The average Bonchev–Trinajstić information content (AvgIpc) is 3.10. The molecule has 2 aromatic carbocycles. The maximum absolute atomic E-state index is 13.3. The van der Waals surface area contributed by atoms with Gasteiger partial charge in [0.05, 0.1) is 16.1 Å². The van der Waals surface area contributed by atoms with Crippen LogP contribution in [0.1, 0.15) is 34.3 Å². The Balaban J connectivity index is 2.00. The van der Waals surface area contributed by atoms with Gasteiger partial charge in [-0.3, -0.25) is 9.52 Å². The second-order valence-electron chi connectivity index (χ2n) is 6.51. The van der Waals surface area contributed by atoms with Crippen molar-refractivity contribution in [3.8, 4) is 0 Å². The fourth-order valence-corrected chi connectivity index (χ4v) is 4.56. The Bertz CT molecular complexity index is 951. The van der Waals surface area contributed by atoms with Crippen LogP contribution in [0, 0.1) is 19.7 Å². The summed E-state index contributed by atoms with van der Waals surface area (Å²) in [5, 5.41) is 0. The van der Waals surface area contributed by atoms with Crippen LogP contribution >= 0.6 is 0 Å². The number of hydrogen-bond donors (Lipinski definition) is 1. The van der Waals surface area contributed by atoms with Gasteiger partial charge in [0.2, 0.25) is 0 Å². The van der Waals surface area contributed by atoms with Gasteiger partial charge in [-0.05, 0) is 62.1 Å². The molecule has 5 nitrogen and oxygen atoms in total. The number of sulfonamides is 1. The van der Waals surface area contributed by atoms with Gasteiger partial charge in [-0.2, -0.15) is 0 Å². The number of likely N-dealkylation sites (tertiary alicyclic amines) is 1. The van der Waals surface area contributed by atoms with Gasteiger partial charge in [-0.15, -0.1) is 0 Å². The molecule has 1 heterocycles. The summed E-state index contributed by atoms with van der Waals surface area (Å²) in [7, 11) is -3.95. The van der Waals surface area contributed by atoms with E-state index >= 15 is 0 Å². The second-order valence-corrected chi connectivity index (χ2v) is 8.16. The number of rotatable bonds is 4. The summed E-state index contributed by atoms with van der Waals surface area (Å²) in [4.78, 5) is 14.5. The van der Waals surface area contributed by atoms with Gasteiger partial charge in [-0.25, -0.2) is 12.8 Å². The molecule has 1 N–H and O–H groups in total. The second kappa shape index (κ2) is 7.07. The third-order valence-corrected chi connectivity index (χ3v) is 6.07. The Morgan fingerprint density at radius 1 is 1.08 bits per heavy atom. The van der Waals surface area contributed by atoms with Crippen LogP contribution in [0.2, 0.25) is 0 Å². The van der Waals surface area contributed by atoms with E-state index in [9.17, 15) is 17.6 Å². The summed E-state index contributed by atoms with van der Waals surface area (Å²) in [5.41, 5.74) is 1.56. The van der Waals surface area contributed by atoms with Crippen molar-refractivity contribution in [2.45, 2.75) is 31.6 Å². The summed E-state index contributed by atoms with van der Waals surface area (Å²) >= 11 is 0. The highest BCUT2D eigenvalue weighted by atomic mass is 32.2. The predicted octanol–water partition coefficient (Wildman–Crippen LogP) is 3.48. The number of carbonyl (C=O) groups is 1.